The lowest BCUT2D eigenvalue weighted by molar-refractivity contribution is -0.119. The van der Waals surface area contributed by atoms with Crippen molar-refractivity contribution in [3.8, 4) is 11.1 Å². The predicted octanol–water partition coefficient (Wildman–Crippen LogP) is 2.24. The van der Waals surface area contributed by atoms with Crippen LogP contribution < -0.4 is 0 Å². The molecule has 0 unspecified atom stereocenters. The molecule has 4 rings (SSSR count). The molecule has 0 spiro atoms. The number of hydrogen-bond acceptors (Lipinski definition) is 5. The Bertz CT molecular complexity index is 1010. The highest BCUT2D eigenvalue weighted by Crippen LogP contribution is 2.22. The fourth-order valence-corrected chi connectivity index (χ4v) is 3.25. The Morgan fingerprint density at radius 3 is 2.84 bits per heavy atom. The first-order valence-electron chi connectivity index (χ1n) is 9.93. The number of pyridine rings is 2. The minimum atomic E-state index is -2.31. The summed E-state index contributed by atoms with van der Waals surface area (Å²) in [6.07, 6.45) is 8.96. The Labute approximate surface area is 150 Å². The van der Waals surface area contributed by atoms with E-state index in [9.17, 15) is 4.79 Å². The lowest BCUT2D eigenvalue weighted by atomic mass is 10.1. The zero-order valence-corrected chi connectivity index (χ0v) is 13.9. The summed E-state index contributed by atoms with van der Waals surface area (Å²) in [6.45, 7) is 0.157. The van der Waals surface area contributed by atoms with E-state index in [1.807, 2.05) is 12.1 Å². The number of nitrogens with zero attached hydrogens (tertiary/aromatic N) is 5. The van der Waals surface area contributed by atoms with Crippen LogP contribution in [0.3, 0.4) is 0 Å². The van der Waals surface area contributed by atoms with E-state index in [2.05, 4.69) is 20.0 Å². The summed E-state index contributed by atoms with van der Waals surface area (Å²) in [5.41, 5.74) is 2.88. The van der Waals surface area contributed by atoms with Crippen molar-refractivity contribution >= 4 is 16.7 Å². The summed E-state index contributed by atoms with van der Waals surface area (Å²) in [5.74, 6) is 0.164. The second kappa shape index (κ2) is 6.72. The van der Waals surface area contributed by atoms with E-state index in [0.29, 0.717) is 24.2 Å². The van der Waals surface area contributed by atoms with Crippen LogP contribution in [0.5, 0.6) is 0 Å². The Hall–Kier alpha value is -2.60. The largest absolute Gasteiger partial charge is 0.298 e. The third kappa shape index (κ3) is 3.58. The van der Waals surface area contributed by atoms with Gasteiger partial charge in [-0.05, 0) is 38.1 Å². The van der Waals surface area contributed by atoms with Crippen LogP contribution in [-0.2, 0) is 18.2 Å². The average molecular weight is 338 g/mol. The van der Waals surface area contributed by atoms with Gasteiger partial charge >= 0.3 is 0 Å². The van der Waals surface area contributed by atoms with Gasteiger partial charge in [0.05, 0.1) is 30.9 Å². The fraction of sp³-hybridized carbons (Fsp3) is 0.368. The maximum atomic E-state index is 12.3. The molecule has 3 aromatic heterocycles. The highest BCUT2D eigenvalue weighted by Gasteiger charge is 2.16. The van der Waals surface area contributed by atoms with Gasteiger partial charge in [-0.15, -0.1) is 0 Å². The molecule has 0 atom stereocenters. The minimum Gasteiger partial charge on any atom is -0.298 e. The third-order valence-corrected chi connectivity index (χ3v) is 4.52. The molecule has 0 saturated carbocycles. The van der Waals surface area contributed by atoms with Gasteiger partial charge in [-0.25, -0.2) is 0 Å². The van der Waals surface area contributed by atoms with E-state index in [-0.39, 0.29) is 5.78 Å². The summed E-state index contributed by atoms with van der Waals surface area (Å²) in [5, 5.41) is 4.77. The number of carbonyl (C=O) groups excluding carboxylic acids is 1. The molecule has 0 N–H and O–H groups in total. The summed E-state index contributed by atoms with van der Waals surface area (Å²) in [7, 11) is 0. The number of aryl methyl sites for hydroxylation is 1. The van der Waals surface area contributed by atoms with Crippen LogP contribution in [0.25, 0.3) is 22.0 Å². The summed E-state index contributed by atoms with van der Waals surface area (Å²) < 4.78 is 23.2. The van der Waals surface area contributed by atoms with Gasteiger partial charge < -0.3 is 0 Å². The van der Waals surface area contributed by atoms with E-state index in [1.165, 1.54) is 12.4 Å². The summed E-state index contributed by atoms with van der Waals surface area (Å²) >= 11 is 0. The molecule has 3 aromatic rings. The van der Waals surface area contributed by atoms with Crippen molar-refractivity contribution in [1.29, 1.82) is 0 Å². The van der Waals surface area contributed by atoms with Crippen molar-refractivity contribution < 1.29 is 8.91 Å². The molecule has 1 saturated heterocycles. The number of rotatable bonds is 5. The SMILES string of the molecule is [2H]C([2H])([2H])n1cc(-c2cnc3cnc(CC(=O)CN4CCCC4)cc3c2)cn1. The van der Waals surface area contributed by atoms with E-state index in [4.69, 9.17) is 4.11 Å². The first-order valence-corrected chi connectivity index (χ1v) is 8.43. The minimum absolute atomic E-state index is 0.164. The molecule has 6 heteroatoms. The van der Waals surface area contributed by atoms with Crippen molar-refractivity contribution in [2.75, 3.05) is 19.6 Å². The average Bonchev–Trinajstić information content (AvgIpc) is 3.32. The fourth-order valence-electron chi connectivity index (χ4n) is 3.25. The molecule has 128 valence electrons. The van der Waals surface area contributed by atoms with Crippen molar-refractivity contribution in [3.63, 3.8) is 0 Å². The third-order valence-electron chi connectivity index (χ3n) is 4.52. The molecule has 0 aromatic carbocycles. The molecule has 1 aliphatic heterocycles. The second-order valence-electron chi connectivity index (χ2n) is 6.46. The molecule has 1 fully saturated rings. The molecule has 0 amide bonds. The number of Topliss-reactive ketones (excluding diaryl/α,β-unsaturated/α-hetero) is 1. The molecule has 25 heavy (non-hydrogen) atoms. The Morgan fingerprint density at radius 1 is 1.16 bits per heavy atom. The first kappa shape index (κ1) is 12.7. The number of fused-ring (bicyclic) bond motifs is 1. The van der Waals surface area contributed by atoms with Crippen LogP contribution in [0.2, 0.25) is 0 Å². The van der Waals surface area contributed by atoms with Gasteiger partial charge in [-0.1, -0.05) is 0 Å². The van der Waals surface area contributed by atoms with Gasteiger partial charge in [-0.2, -0.15) is 5.10 Å². The lowest BCUT2D eigenvalue weighted by Gasteiger charge is -2.13. The lowest BCUT2D eigenvalue weighted by Crippen LogP contribution is -2.27. The second-order valence-corrected chi connectivity index (χ2v) is 6.46. The van der Waals surface area contributed by atoms with Crippen molar-refractivity contribution in [2.24, 2.45) is 6.98 Å². The Balaban J connectivity index is 1.55. The molecule has 0 bridgehead atoms. The standard InChI is InChI=1S/C19H21N5O/c1-23-12-16(10-22-23)15-6-14-7-17(20-11-19(14)21-9-15)8-18(25)13-24-4-2-3-5-24/h6-7,9-12H,2-5,8,13H2,1H3/i1D3. The number of likely N-dealkylation sites (tertiary alicyclic amines) is 1. The van der Waals surface area contributed by atoms with E-state index in [1.54, 1.807) is 12.4 Å². The van der Waals surface area contributed by atoms with Crippen LogP contribution in [0.4, 0.5) is 0 Å². The van der Waals surface area contributed by atoms with E-state index < -0.39 is 6.98 Å². The maximum absolute atomic E-state index is 12.3. The molecule has 0 aliphatic carbocycles. The van der Waals surface area contributed by atoms with Gasteiger partial charge in [0.1, 0.15) is 0 Å². The van der Waals surface area contributed by atoms with E-state index in [0.717, 1.165) is 47.1 Å². The van der Waals surface area contributed by atoms with Gasteiger partial charge in [0.25, 0.3) is 0 Å². The molecule has 6 nitrogen and oxygen atoms in total. The Kier molecular flexibility index (Phi) is 3.42. The summed E-state index contributed by atoms with van der Waals surface area (Å²) in [6, 6.07) is 3.79. The predicted molar refractivity (Wildman–Crippen MR) is 96.1 cm³/mol. The monoisotopic (exact) mass is 338 g/mol. The highest BCUT2D eigenvalue weighted by atomic mass is 16.1. The van der Waals surface area contributed by atoms with Gasteiger partial charge in [0.15, 0.2) is 5.78 Å². The van der Waals surface area contributed by atoms with Crippen LogP contribution in [0, 0.1) is 0 Å². The number of carbonyl (C=O) groups is 1. The number of hydrogen-bond donors (Lipinski definition) is 0. The number of aromatic nitrogens is 4. The van der Waals surface area contributed by atoms with Crippen LogP contribution in [0.1, 0.15) is 22.6 Å². The van der Waals surface area contributed by atoms with Crippen molar-refractivity contribution in [3.05, 3.63) is 42.6 Å². The molecular weight excluding hydrogens is 314 g/mol. The zero-order chi connectivity index (χ0) is 19.7. The van der Waals surface area contributed by atoms with Gasteiger partial charge in [0.2, 0.25) is 0 Å². The molecular formula is C19H21N5O. The topological polar surface area (TPSA) is 63.9 Å². The smallest absolute Gasteiger partial charge is 0.152 e. The normalized spacial score (nSPS) is 17.4. The maximum Gasteiger partial charge on any atom is 0.152 e. The number of ketones is 1. The first-order chi connectivity index (χ1) is 13.4. The molecule has 0 radical (unpaired) electrons. The van der Waals surface area contributed by atoms with Crippen LogP contribution in [0.15, 0.2) is 36.9 Å². The molecule has 4 heterocycles. The van der Waals surface area contributed by atoms with Gasteiger partial charge in [0, 0.05) is 45.7 Å². The zero-order valence-electron chi connectivity index (χ0n) is 16.9. The molecule has 1 aliphatic rings. The van der Waals surface area contributed by atoms with Crippen molar-refractivity contribution in [2.45, 2.75) is 19.3 Å². The quantitative estimate of drug-likeness (QED) is 0.714. The highest BCUT2D eigenvalue weighted by molar-refractivity contribution is 5.86. The van der Waals surface area contributed by atoms with Crippen molar-refractivity contribution in [1.82, 2.24) is 24.6 Å². The Morgan fingerprint density at radius 2 is 2.04 bits per heavy atom. The summed E-state index contributed by atoms with van der Waals surface area (Å²) in [4.78, 5) is 23.3. The van der Waals surface area contributed by atoms with Crippen LogP contribution >= 0.6 is 0 Å². The van der Waals surface area contributed by atoms with E-state index >= 15 is 0 Å². The van der Waals surface area contributed by atoms with Gasteiger partial charge in [-0.3, -0.25) is 24.3 Å². The van der Waals surface area contributed by atoms with Crippen LogP contribution in [-0.4, -0.2) is 50.1 Å².